The van der Waals surface area contributed by atoms with Gasteiger partial charge < -0.3 is 9.64 Å². The molecule has 5 nitrogen and oxygen atoms in total. The van der Waals surface area contributed by atoms with Gasteiger partial charge in [-0.1, -0.05) is 12.1 Å². The maximum atomic E-state index is 12.0. The first-order valence-electron chi connectivity index (χ1n) is 6.69. The largest absolute Gasteiger partial charge is 0.469 e. The first-order chi connectivity index (χ1) is 10.1. The van der Waals surface area contributed by atoms with E-state index in [0.29, 0.717) is 25.1 Å². The van der Waals surface area contributed by atoms with Gasteiger partial charge in [-0.05, 0) is 30.2 Å². The van der Waals surface area contributed by atoms with Gasteiger partial charge in [0.05, 0.1) is 24.7 Å². The first kappa shape index (κ1) is 14.8. The minimum atomic E-state index is -0.263. The molecule has 1 aliphatic heterocycles. The summed E-state index contributed by atoms with van der Waals surface area (Å²) in [5, 5.41) is 8.71. The molecular weight excluding hydrogens is 268 g/mol. The maximum Gasteiger partial charge on any atom is 0.310 e. The van der Waals surface area contributed by atoms with E-state index in [1.165, 1.54) is 13.2 Å². The predicted molar refractivity (Wildman–Crippen MR) is 76.9 cm³/mol. The number of hydrogen-bond acceptors (Lipinski definition) is 4. The second-order valence-corrected chi connectivity index (χ2v) is 4.86. The molecule has 21 heavy (non-hydrogen) atoms. The molecule has 1 aromatic carbocycles. The SMILES string of the molecule is COC(=O)C1CCN(C(=O)/C=C/c2ccc(C#N)cc2)C1. The fraction of sp³-hybridized carbons (Fsp3) is 0.312. The Labute approximate surface area is 123 Å². The zero-order valence-corrected chi connectivity index (χ0v) is 11.8. The summed E-state index contributed by atoms with van der Waals surface area (Å²) >= 11 is 0. The van der Waals surface area contributed by atoms with Crippen LogP contribution < -0.4 is 0 Å². The van der Waals surface area contributed by atoms with E-state index >= 15 is 0 Å². The topological polar surface area (TPSA) is 70.4 Å². The lowest BCUT2D eigenvalue weighted by Gasteiger charge is -2.13. The minimum absolute atomic E-state index is 0.120. The van der Waals surface area contributed by atoms with E-state index in [1.807, 2.05) is 6.07 Å². The molecule has 0 radical (unpaired) electrons. The zero-order valence-electron chi connectivity index (χ0n) is 11.8. The molecule has 1 aliphatic rings. The molecule has 5 heteroatoms. The van der Waals surface area contributed by atoms with Crippen LogP contribution in [0.15, 0.2) is 30.3 Å². The number of hydrogen-bond donors (Lipinski definition) is 0. The molecule has 0 aromatic heterocycles. The van der Waals surface area contributed by atoms with E-state index in [-0.39, 0.29) is 17.8 Å². The third-order valence-corrected chi connectivity index (χ3v) is 3.49. The van der Waals surface area contributed by atoms with Gasteiger partial charge in [0.15, 0.2) is 0 Å². The molecule has 0 aliphatic carbocycles. The number of ether oxygens (including phenoxy) is 1. The van der Waals surface area contributed by atoms with Gasteiger partial charge in [0.2, 0.25) is 5.91 Å². The number of methoxy groups -OCH3 is 1. The summed E-state index contributed by atoms with van der Waals surface area (Å²) in [6.45, 7) is 0.972. The molecule has 1 fully saturated rings. The Morgan fingerprint density at radius 2 is 2.10 bits per heavy atom. The average Bonchev–Trinajstić information content (AvgIpc) is 3.02. The molecule has 0 saturated carbocycles. The number of nitriles is 1. The van der Waals surface area contributed by atoms with Crippen LogP contribution in [-0.2, 0) is 14.3 Å². The van der Waals surface area contributed by atoms with Crippen molar-refractivity contribution < 1.29 is 14.3 Å². The van der Waals surface area contributed by atoms with Crippen molar-refractivity contribution in [3.8, 4) is 6.07 Å². The molecule has 1 atom stereocenters. The highest BCUT2D eigenvalue weighted by Crippen LogP contribution is 2.18. The van der Waals surface area contributed by atoms with Gasteiger partial charge in [-0.15, -0.1) is 0 Å². The van der Waals surface area contributed by atoms with Gasteiger partial charge >= 0.3 is 5.97 Å². The summed E-state index contributed by atoms with van der Waals surface area (Å²) in [4.78, 5) is 25.1. The second-order valence-electron chi connectivity index (χ2n) is 4.86. The Morgan fingerprint density at radius 1 is 1.38 bits per heavy atom. The number of amides is 1. The summed E-state index contributed by atoms with van der Waals surface area (Å²) in [7, 11) is 1.36. The van der Waals surface area contributed by atoms with Gasteiger partial charge in [0.1, 0.15) is 0 Å². The highest BCUT2D eigenvalue weighted by molar-refractivity contribution is 5.92. The van der Waals surface area contributed by atoms with Gasteiger partial charge in [-0.2, -0.15) is 5.26 Å². The van der Waals surface area contributed by atoms with Crippen LogP contribution in [0.5, 0.6) is 0 Å². The second kappa shape index (κ2) is 6.71. The van der Waals surface area contributed by atoms with Crippen molar-refractivity contribution in [3.63, 3.8) is 0 Å². The fourth-order valence-corrected chi connectivity index (χ4v) is 2.26. The Hall–Kier alpha value is -2.61. The van der Waals surface area contributed by atoms with Crippen LogP contribution in [0.3, 0.4) is 0 Å². The summed E-state index contributed by atoms with van der Waals surface area (Å²) in [5.74, 6) is -0.602. The lowest BCUT2D eigenvalue weighted by Crippen LogP contribution is -2.28. The number of nitrogens with zero attached hydrogens (tertiary/aromatic N) is 2. The highest BCUT2D eigenvalue weighted by atomic mass is 16.5. The molecule has 108 valence electrons. The maximum absolute atomic E-state index is 12.0. The molecule has 0 bridgehead atoms. The van der Waals surface area contributed by atoms with Gasteiger partial charge in [0.25, 0.3) is 0 Å². The summed E-state index contributed by atoms with van der Waals surface area (Å²) in [5.41, 5.74) is 1.44. The normalized spacial score (nSPS) is 17.7. The Morgan fingerprint density at radius 3 is 2.71 bits per heavy atom. The smallest absolute Gasteiger partial charge is 0.310 e. The molecule has 0 spiro atoms. The van der Waals surface area contributed by atoms with E-state index in [9.17, 15) is 9.59 Å². The number of rotatable bonds is 3. The molecule has 0 N–H and O–H groups in total. The molecule has 1 heterocycles. The molecule has 1 amide bonds. The summed E-state index contributed by atoms with van der Waals surface area (Å²) in [6.07, 6.45) is 3.83. The number of carbonyl (C=O) groups is 2. The quantitative estimate of drug-likeness (QED) is 0.624. The zero-order chi connectivity index (χ0) is 15.2. The van der Waals surface area contributed by atoms with E-state index in [1.54, 1.807) is 35.2 Å². The molecule has 2 rings (SSSR count). The van der Waals surface area contributed by atoms with E-state index < -0.39 is 0 Å². The van der Waals surface area contributed by atoms with Crippen LogP contribution >= 0.6 is 0 Å². The summed E-state index contributed by atoms with van der Waals surface area (Å²) < 4.78 is 4.69. The van der Waals surface area contributed by atoms with Crippen molar-refractivity contribution in [1.29, 1.82) is 5.26 Å². The summed E-state index contributed by atoms with van der Waals surface area (Å²) in [6, 6.07) is 9.01. The lowest BCUT2D eigenvalue weighted by atomic mass is 10.1. The number of esters is 1. The standard InChI is InChI=1S/C16H16N2O3/c1-21-16(20)14-8-9-18(11-14)15(19)7-6-12-2-4-13(10-17)5-3-12/h2-7,14H,8-9,11H2,1H3/b7-6+. The minimum Gasteiger partial charge on any atom is -0.469 e. The van der Waals surface area contributed by atoms with Crippen molar-refractivity contribution in [3.05, 3.63) is 41.5 Å². The van der Waals surface area contributed by atoms with E-state index in [0.717, 1.165) is 5.56 Å². The van der Waals surface area contributed by atoms with Crippen LogP contribution in [0.1, 0.15) is 17.5 Å². The fourth-order valence-electron chi connectivity index (χ4n) is 2.26. The van der Waals surface area contributed by atoms with Gasteiger partial charge in [-0.25, -0.2) is 0 Å². The van der Waals surface area contributed by atoms with Crippen LogP contribution in [0, 0.1) is 17.2 Å². The third-order valence-electron chi connectivity index (χ3n) is 3.49. The van der Waals surface area contributed by atoms with Crippen LogP contribution in [0.4, 0.5) is 0 Å². The monoisotopic (exact) mass is 284 g/mol. The Balaban J connectivity index is 1.94. The van der Waals surface area contributed by atoms with Crippen LogP contribution in [0.25, 0.3) is 6.08 Å². The van der Waals surface area contributed by atoms with Gasteiger partial charge in [0, 0.05) is 19.2 Å². The van der Waals surface area contributed by atoms with Crippen molar-refractivity contribution in [2.45, 2.75) is 6.42 Å². The first-order valence-corrected chi connectivity index (χ1v) is 6.69. The molecule has 1 saturated heterocycles. The third kappa shape index (κ3) is 3.69. The Bertz CT molecular complexity index is 599. The highest BCUT2D eigenvalue weighted by Gasteiger charge is 2.30. The lowest BCUT2D eigenvalue weighted by molar-refractivity contribution is -0.145. The predicted octanol–water partition coefficient (Wildman–Crippen LogP) is 1.59. The van der Waals surface area contributed by atoms with Gasteiger partial charge in [-0.3, -0.25) is 9.59 Å². The average molecular weight is 284 g/mol. The van der Waals surface area contributed by atoms with Crippen molar-refractivity contribution in [2.24, 2.45) is 5.92 Å². The number of likely N-dealkylation sites (tertiary alicyclic amines) is 1. The Kier molecular flexibility index (Phi) is 4.72. The molecule has 1 unspecified atom stereocenters. The van der Waals surface area contributed by atoms with Crippen molar-refractivity contribution in [2.75, 3.05) is 20.2 Å². The van der Waals surface area contributed by atoms with Crippen LogP contribution in [0.2, 0.25) is 0 Å². The van der Waals surface area contributed by atoms with E-state index in [4.69, 9.17) is 10.00 Å². The van der Waals surface area contributed by atoms with Crippen LogP contribution in [-0.4, -0.2) is 37.0 Å². The number of carbonyl (C=O) groups excluding carboxylic acids is 2. The van der Waals surface area contributed by atoms with Crippen molar-refractivity contribution >= 4 is 18.0 Å². The molecular formula is C16H16N2O3. The van der Waals surface area contributed by atoms with E-state index in [2.05, 4.69) is 0 Å². The van der Waals surface area contributed by atoms with Crippen molar-refractivity contribution in [1.82, 2.24) is 4.90 Å². The number of benzene rings is 1. The molecule has 1 aromatic rings.